The van der Waals surface area contributed by atoms with E-state index in [2.05, 4.69) is 47.1 Å². The molecular weight excluding hydrogens is 254 g/mol. The zero-order valence-corrected chi connectivity index (χ0v) is 12.4. The Morgan fingerprint density at radius 3 is 2.42 bits per heavy atom. The van der Waals surface area contributed by atoms with Crippen LogP contribution in [0.4, 0.5) is 11.5 Å². The van der Waals surface area contributed by atoms with E-state index in [1.54, 1.807) is 11.8 Å². The van der Waals surface area contributed by atoms with Crippen LogP contribution < -0.4 is 10.6 Å². The van der Waals surface area contributed by atoms with Gasteiger partial charge in [-0.25, -0.2) is 4.98 Å². The van der Waals surface area contributed by atoms with E-state index in [1.807, 2.05) is 20.2 Å². The van der Waals surface area contributed by atoms with Crippen molar-refractivity contribution in [2.24, 2.45) is 0 Å². The summed E-state index contributed by atoms with van der Waals surface area (Å²) in [5, 5.41) is 0. The van der Waals surface area contributed by atoms with Crippen LogP contribution in [0.5, 0.6) is 0 Å². The monoisotopic (exact) mass is 273 g/mol. The molecule has 0 aliphatic rings. The minimum atomic E-state index is 0.574. The normalized spacial score (nSPS) is 10.5. The molecule has 1 aromatic heterocycles. The Bertz CT molecular complexity index is 550. The highest BCUT2D eigenvalue weighted by atomic mass is 32.2. The number of aromatic nitrogens is 1. The zero-order chi connectivity index (χ0) is 13.8. The third kappa shape index (κ3) is 3.41. The van der Waals surface area contributed by atoms with Gasteiger partial charge in [0.05, 0.1) is 5.69 Å². The fourth-order valence-corrected chi connectivity index (χ4v) is 2.59. The molecule has 0 atom stereocenters. The van der Waals surface area contributed by atoms with Crippen molar-refractivity contribution >= 4 is 23.3 Å². The highest BCUT2D eigenvalue weighted by molar-refractivity contribution is 7.99. The second-order valence-electron chi connectivity index (χ2n) is 4.49. The second kappa shape index (κ2) is 5.97. The number of pyridine rings is 1. The average molecular weight is 273 g/mol. The first-order chi connectivity index (χ1) is 9.10. The van der Waals surface area contributed by atoms with Crippen molar-refractivity contribution in [3.05, 3.63) is 36.4 Å². The summed E-state index contributed by atoms with van der Waals surface area (Å²) in [5.74, 6) is 1.60. The molecule has 0 amide bonds. The number of nitrogens with zero attached hydrogens (tertiary/aromatic N) is 2. The smallest absolute Gasteiger partial charge is 0.125 e. The van der Waals surface area contributed by atoms with Crippen molar-refractivity contribution in [1.82, 2.24) is 4.98 Å². The summed E-state index contributed by atoms with van der Waals surface area (Å²) >= 11 is 1.78. The van der Waals surface area contributed by atoms with Crippen molar-refractivity contribution < 1.29 is 0 Å². The SMILES string of the molecule is CCSc1cc(N)nc(-c2ccc(N(C)C)cc2)c1. The quantitative estimate of drug-likeness (QED) is 0.866. The Morgan fingerprint density at radius 2 is 1.84 bits per heavy atom. The standard InChI is InChI=1S/C15H19N3S/c1-4-19-13-9-14(17-15(16)10-13)11-5-7-12(8-6-11)18(2)3/h5-10H,4H2,1-3H3,(H2,16,17). The van der Waals surface area contributed by atoms with Gasteiger partial charge in [-0.15, -0.1) is 11.8 Å². The van der Waals surface area contributed by atoms with E-state index in [0.717, 1.165) is 17.0 Å². The van der Waals surface area contributed by atoms with Gasteiger partial charge in [-0.2, -0.15) is 0 Å². The van der Waals surface area contributed by atoms with E-state index < -0.39 is 0 Å². The van der Waals surface area contributed by atoms with Crippen LogP contribution in [-0.2, 0) is 0 Å². The van der Waals surface area contributed by atoms with Crippen LogP contribution in [-0.4, -0.2) is 24.8 Å². The van der Waals surface area contributed by atoms with Crippen LogP contribution >= 0.6 is 11.8 Å². The Kier molecular flexibility index (Phi) is 4.32. The molecule has 0 fully saturated rings. The van der Waals surface area contributed by atoms with Gasteiger partial charge in [0.25, 0.3) is 0 Å². The fraction of sp³-hybridized carbons (Fsp3) is 0.267. The van der Waals surface area contributed by atoms with Crippen LogP contribution in [0.2, 0.25) is 0 Å². The van der Waals surface area contributed by atoms with Gasteiger partial charge in [0.1, 0.15) is 5.82 Å². The maximum absolute atomic E-state index is 5.87. The highest BCUT2D eigenvalue weighted by Gasteiger charge is 2.04. The Morgan fingerprint density at radius 1 is 1.16 bits per heavy atom. The molecule has 1 heterocycles. The number of thioether (sulfide) groups is 1. The van der Waals surface area contributed by atoms with Crippen molar-refractivity contribution in [3.8, 4) is 11.3 Å². The first kappa shape index (κ1) is 13.7. The minimum absolute atomic E-state index is 0.574. The number of rotatable bonds is 4. The molecule has 19 heavy (non-hydrogen) atoms. The van der Waals surface area contributed by atoms with E-state index in [0.29, 0.717) is 5.82 Å². The Labute approximate surface area is 118 Å². The molecule has 0 unspecified atom stereocenters. The van der Waals surface area contributed by atoms with E-state index in [4.69, 9.17) is 5.73 Å². The number of hydrogen-bond donors (Lipinski definition) is 1. The van der Waals surface area contributed by atoms with Crippen molar-refractivity contribution in [1.29, 1.82) is 0 Å². The molecule has 100 valence electrons. The summed E-state index contributed by atoms with van der Waals surface area (Å²) < 4.78 is 0. The number of anilines is 2. The summed E-state index contributed by atoms with van der Waals surface area (Å²) in [6.45, 7) is 2.13. The molecule has 0 bridgehead atoms. The molecule has 0 aliphatic heterocycles. The van der Waals surface area contributed by atoms with Gasteiger partial charge in [0, 0.05) is 30.2 Å². The van der Waals surface area contributed by atoms with Gasteiger partial charge in [-0.3, -0.25) is 0 Å². The highest BCUT2D eigenvalue weighted by Crippen LogP contribution is 2.27. The number of benzene rings is 1. The minimum Gasteiger partial charge on any atom is -0.384 e. The summed E-state index contributed by atoms with van der Waals surface area (Å²) in [4.78, 5) is 7.66. The molecular formula is C15H19N3S. The molecule has 2 rings (SSSR count). The van der Waals surface area contributed by atoms with Crippen LogP contribution in [0.1, 0.15) is 6.92 Å². The molecule has 0 radical (unpaired) electrons. The Balaban J connectivity index is 2.35. The lowest BCUT2D eigenvalue weighted by Gasteiger charge is -2.13. The summed E-state index contributed by atoms with van der Waals surface area (Å²) in [7, 11) is 4.06. The molecule has 3 nitrogen and oxygen atoms in total. The summed E-state index contributed by atoms with van der Waals surface area (Å²) in [6.07, 6.45) is 0. The zero-order valence-electron chi connectivity index (χ0n) is 11.6. The lowest BCUT2D eigenvalue weighted by atomic mass is 10.1. The van der Waals surface area contributed by atoms with E-state index in [9.17, 15) is 0 Å². The molecule has 2 aromatic rings. The van der Waals surface area contributed by atoms with Crippen LogP contribution in [0, 0.1) is 0 Å². The third-order valence-corrected chi connectivity index (χ3v) is 3.67. The lowest BCUT2D eigenvalue weighted by molar-refractivity contribution is 1.13. The number of nitrogens with two attached hydrogens (primary N) is 1. The van der Waals surface area contributed by atoms with Crippen LogP contribution in [0.25, 0.3) is 11.3 Å². The van der Waals surface area contributed by atoms with E-state index in [1.165, 1.54) is 10.6 Å². The van der Waals surface area contributed by atoms with Crippen LogP contribution in [0.3, 0.4) is 0 Å². The van der Waals surface area contributed by atoms with Gasteiger partial charge in [-0.05, 0) is 30.0 Å². The van der Waals surface area contributed by atoms with Gasteiger partial charge in [-0.1, -0.05) is 19.1 Å². The first-order valence-electron chi connectivity index (χ1n) is 6.28. The molecule has 0 spiro atoms. The topological polar surface area (TPSA) is 42.1 Å². The molecule has 2 N–H and O–H groups in total. The molecule has 0 saturated heterocycles. The van der Waals surface area contributed by atoms with Gasteiger partial charge >= 0.3 is 0 Å². The largest absolute Gasteiger partial charge is 0.384 e. The number of hydrogen-bond acceptors (Lipinski definition) is 4. The maximum Gasteiger partial charge on any atom is 0.125 e. The number of nitrogen functional groups attached to an aromatic ring is 1. The third-order valence-electron chi connectivity index (χ3n) is 2.81. The van der Waals surface area contributed by atoms with Crippen molar-refractivity contribution in [2.45, 2.75) is 11.8 Å². The first-order valence-corrected chi connectivity index (χ1v) is 7.27. The molecule has 0 saturated carbocycles. The van der Waals surface area contributed by atoms with Gasteiger partial charge in [0.2, 0.25) is 0 Å². The van der Waals surface area contributed by atoms with E-state index in [-0.39, 0.29) is 0 Å². The maximum atomic E-state index is 5.87. The van der Waals surface area contributed by atoms with Gasteiger partial charge < -0.3 is 10.6 Å². The van der Waals surface area contributed by atoms with Crippen molar-refractivity contribution in [2.75, 3.05) is 30.5 Å². The fourth-order valence-electron chi connectivity index (χ4n) is 1.85. The van der Waals surface area contributed by atoms with E-state index >= 15 is 0 Å². The molecule has 4 heteroatoms. The second-order valence-corrected chi connectivity index (χ2v) is 5.82. The predicted molar refractivity (Wildman–Crippen MR) is 84.8 cm³/mol. The predicted octanol–water partition coefficient (Wildman–Crippen LogP) is 3.51. The van der Waals surface area contributed by atoms with Crippen LogP contribution in [0.15, 0.2) is 41.3 Å². The van der Waals surface area contributed by atoms with Crippen molar-refractivity contribution in [3.63, 3.8) is 0 Å². The average Bonchev–Trinajstić information content (AvgIpc) is 2.38. The lowest BCUT2D eigenvalue weighted by Crippen LogP contribution is -2.07. The Hall–Kier alpha value is -1.68. The van der Waals surface area contributed by atoms with Gasteiger partial charge in [0.15, 0.2) is 0 Å². The summed E-state index contributed by atoms with van der Waals surface area (Å²) in [6, 6.07) is 12.4. The summed E-state index contributed by atoms with van der Waals surface area (Å²) in [5.41, 5.74) is 9.07. The molecule has 1 aromatic carbocycles. The molecule has 0 aliphatic carbocycles.